The Hall–Kier alpha value is -2.46. The van der Waals surface area contributed by atoms with Crippen molar-refractivity contribution in [2.75, 3.05) is 26.2 Å². The van der Waals surface area contributed by atoms with Crippen LogP contribution in [0.1, 0.15) is 11.1 Å². The van der Waals surface area contributed by atoms with E-state index in [1.807, 2.05) is 47.4 Å². The van der Waals surface area contributed by atoms with Gasteiger partial charge in [0.05, 0.1) is 26.2 Å². The van der Waals surface area contributed by atoms with Crippen LogP contribution in [0.25, 0.3) is 6.08 Å². The lowest BCUT2D eigenvalue weighted by Gasteiger charge is -2.31. The zero-order chi connectivity index (χ0) is 16.8. The van der Waals surface area contributed by atoms with Crippen LogP contribution < -0.4 is 4.90 Å². The van der Waals surface area contributed by atoms with Crippen LogP contribution in [-0.2, 0) is 11.3 Å². The Morgan fingerprint density at radius 1 is 1.08 bits per heavy atom. The van der Waals surface area contributed by atoms with Gasteiger partial charge in [0.2, 0.25) is 5.91 Å². The number of halogens is 1. The standard InChI is InChI=1S/C20H21FN2O/c21-19-8-4-7-18(15-19)16-22-11-13-23(14-12-22)20(24)10-9-17-5-2-1-3-6-17/h1-10,15H,11-14,16H2/p+1/b10-9+. The van der Waals surface area contributed by atoms with E-state index in [0.29, 0.717) is 0 Å². The number of benzene rings is 2. The number of hydrogen-bond acceptors (Lipinski definition) is 1. The second-order valence-electron chi connectivity index (χ2n) is 6.13. The van der Waals surface area contributed by atoms with Crippen molar-refractivity contribution < 1.29 is 14.1 Å². The quantitative estimate of drug-likeness (QED) is 0.852. The number of amides is 1. The predicted octanol–water partition coefficient (Wildman–Crippen LogP) is 1.77. The largest absolute Gasteiger partial charge is 0.328 e. The highest BCUT2D eigenvalue weighted by atomic mass is 19.1. The minimum Gasteiger partial charge on any atom is -0.328 e. The van der Waals surface area contributed by atoms with Gasteiger partial charge in [-0.3, -0.25) is 4.79 Å². The summed E-state index contributed by atoms with van der Waals surface area (Å²) in [6.45, 7) is 4.06. The Morgan fingerprint density at radius 2 is 1.83 bits per heavy atom. The van der Waals surface area contributed by atoms with Gasteiger partial charge in [-0.05, 0) is 23.8 Å². The fourth-order valence-electron chi connectivity index (χ4n) is 2.99. The maximum Gasteiger partial charge on any atom is 0.246 e. The molecule has 124 valence electrons. The van der Waals surface area contributed by atoms with E-state index < -0.39 is 0 Å². The highest BCUT2D eigenvalue weighted by molar-refractivity contribution is 5.91. The van der Waals surface area contributed by atoms with Crippen LogP contribution in [0.2, 0.25) is 0 Å². The Bertz CT molecular complexity index is 707. The van der Waals surface area contributed by atoms with Gasteiger partial charge in [-0.25, -0.2) is 4.39 Å². The fourth-order valence-corrected chi connectivity index (χ4v) is 2.99. The van der Waals surface area contributed by atoms with Crippen molar-refractivity contribution in [3.8, 4) is 0 Å². The van der Waals surface area contributed by atoms with Crippen molar-refractivity contribution in [1.82, 2.24) is 4.90 Å². The second kappa shape index (κ2) is 7.88. The molecule has 24 heavy (non-hydrogen) atoms. The molecule has 1 fully saturated rings. The smallest absolute Gasteiger partial charge is 0.246 e. The third kappa shape index (κ3) is 4.52. The third-order valence-electron chi connectivity index (χ3n) is 4.34. The van der Waals surface area contributed by atoms with E-state index >= 15 is 0 Å². The van der Waals surface area contributed by atoms with Crippen LogP contribution in [0.3, 0.4) is 0 Å². The summed E-state index contributed by atoms with van der Waals surface area (Å²) in [4.78, 5) is 15.5. The molecule has 3 rings (SSSR count). The molecule has 0 atom stereocenters. The van der Waals surface area contributed by atoms with E-state index in [1.165, 1.54) is 11.0 Å². The van der Waals surface area contributed by atoms with Crippen molar-refractivity contribution in [2.24, 2.45) is 0 Å². The first-order valence-corrected chi connectivity index (χ1v) is 8.31. The van der Waals surface area contributed by atoms with Gasteiger partial charge in [-0.2, -0.15) is 0 Å². The SMILES string of the molecule is O=C(/C=C/c1ccccc1)N1CC[NH+](Cc2cccc(F)c2)CC1. The zero-order valence-corrected chi connectivity index (χ0v) is 13.6. The topological polar surface area (TPSA) is 24.8 Å². The second-order valence-corrected chi connectivity index (χ2v) is 6.13. The van der Waals surface area contributed by atoms with Gasteiger partial charge in [-0.15, -0.1) is 0 Å². The van der Waals surface area contributed by atoms with E-state index in [-0.39, 0.29) is 11.7 Å². The molecule has 2 aromatic rings. The molecule has 1 aliphatic heterocycles. The molecule has 4 heteroatoms. The summed E-state index contributed by atoms with van der Waals surface area (Å²) < 4.78 is 13.2. The van der Waals surface area contributed by atoms with Crippen molar-refractivity contribution in [3.05, 3.63) is 77.6 Å². The van der Waals surface area contributed by atoms with Crippen LogP contribution in [-0.4, -0.2) is 37.0 Å². The Balaban J connectivity index is 1.49. The number of hydrogen-bond donors (Lipinski definition) is 1. The van der Waals surface area contributed by atoms with Crippen LogP contribution in [0, 0.1) is 5.82 Å². The fraction of sp³-hybridized carbons (Fsp3) is 0.250. The van der Waals surface area contributed by atoms with Crippen molar-refractivity contribution in [1.29, 1.82) is 0 Å². The molecule has 0 spiro atoms. The monoisotopic (exact) mass is 325 g/mol. The van der Waals surface area contributed by atoms with Crippen LogP contribution >= 0.6 is 0 Å². The predicted molar refractivity (Wildman–Crippen MR) is 92.9 cm³/mol. The van der Waals surface area contributed by atoms with E-state index in [1.54, 1.807) is 18.2 Å². The molecule has 0 unspecified atom stereocenters. The summed E-state index contributed by atoms with van der Waals surface area (Å²) >= 11 is 0. The van der Waals surface area contributed by atoms with Crippen molar-refractivity contribution >= 4 is 12.0 Å². The number of piperazine rings is 1. The minimum atomic E-state index is -0.188. The average molecular weight is 325 g/mol. The van der Waals surface area contributed by atoms with E-state index in [0.717, 1.165) is 43.9 Å². The lowest BCUT2D eigenvalue weighted by Crippen LogP contribution is -3.13. The van der Waals surface area contributed by atoms with Crippen molar-refractivity contribution in [3.63, 3.8) is 0 Å². The normalized spacial score (nSPS) is 15.8. The molecule has 0 bridgehead atoms. The third-order valence-corrected chi connectivity index (χ3v) is 4.34. The van der Waals surface area contributed by atoms with Gasteiger partial charge in [0.15, 0.2) is 0 Å². The highest BCUT2D eigenvalue weighted by Crippen LogP contribution is 2.04. The molecule has 0 radical (unpaired) electrons. The zero-order valence-electron chi connectivity index (χ0n) is 13.6. The van der Waals surface area contributed by atoms with Crippen LogP contribution in [0.15, 0.2) is 60.7 Å². The lowest BCUT2D eigenvalue weighted by atomic mass is 10.2. The summed E-state index contributed by atoms with van der Waals surface area (Å²) in [6, 6.07) is 16.6. The molecule has 3 nitrogen and oxygen atoms in total. The molecule has 1 amide bonds. The first kappa shape index (κ1) is 16.4. The summed E-state index contributed by atoms with van der Waals surface area (Å²) in [6.07, 6.45) is 3.50. The van der Waals surface area contributed by atoms with Crippen LogP contribution in [0.5, 0.6) is 0 Å². The summed E-state index contributed by atoms with van der Waals surface area (Å²) in [5.74, 6) is -0.129. The maximum atomic E-state index is 13.2. The van der Waals surface area contributed by atoms with Gasteiger partial charge in [0.25, 0.3) is 0 Å². The maximum absolute atomic E-state index is 13.2. The Kier molecular flexibility index (Phi) is 5.39. The number of rotatable bonds is 4. The summed E-state index contributed by atoms with van der Waals surface area (Å²) in [5.41, 5.74) is 2.04. The minimum absolute atomic E-state index is 0.0589. The molecule has 1 aliphatic rings. The number of nitrogens with one attached hydrogen (secondary N) is 1. The molecule has 1 saturated heterocycles. The number of carbonyl (C=O) groups is 1. The molecule has 0 aliphatic carbocycles. The molecular formula is C20H22FN2O+. The molecule has 2 aromatic carbocycles. The number of nitrogens with zero attached hydrogens (tertiary/aromatic N) is 1. The van der Waals surface area contributed by atoms with Gasteiger partial charge in [0, 0.05) is 11.6 Å². The Morgan fingerprint density at radius 3 is 2.54 bits per heavy atom. The van der Waals surface area contributed by atoms with Gasteiger partial charge in [-0.1, -0.05) is 42.5 Å². The van der Waals surface area contributed by atoms with Crippen molar-refractivity contribution in [2.45, 2.75) is 6.54 Å². The molecule has 0 saturated carbocycles. The number of quaternary nitrogens is 1. The number of carbonyl (C=O) groups excluding carboxylic acids is 1. The van der Waals surface area contributed by atoms with Gasteiger partial charge < -0.3 is 9.80 Å². The lowest BCUT2D eigenvalue weighted by molar-refractivity contribution is -0.917. The van der Waals surface area contributed by atoms with E-state index in [2.05, 4.69) is 0 Å². The molecular weight excluding hydrogens is 303 g/mol. The molecule has 0 aromatic heterocycles. The average Bonchev–Trinajstić information content (AvgIpc) is 2.61. The van der Waals surface area contributed by atoms with Crippen LogP contribution in [0.4, 0.5) is 4.39 Å². The van der Waals surface area contributed by atoms with E-state index in [4.69, 9.17) is 0 Å². The summed E-state index contributed by atoms with van der Waals surface area (Å²) in [5, 5.41) is 0. The first-order chi connectivity index (χ1) is 11.7. The first-order valence-electron chi connectivity index (χ1n) is 8.31. The Labute approximate surface area is 142 Å². The van der Waals surface area contributed by atoms with Gasteiger partial charge in [0.1, 0.15) is 12.4 Å². The highest BCUT2D eigenvalue weighted by Gasteiger charge is 2.22. The molecule has 1 N–H and O–H groups in total. The molecule has 1 heterocycles. The van der Waals surface area contributed by atoms with E-state index in [9.17, 15) is 9.18 Å². The summed E-state index contributed by atoms with van der Waals surface area (Å²) in [7, 11) is 0. The van der Waals surface area contributed by atoms with Gasteiger partial charge >= 0.3 is 0 Å².